The minimum atomic E-state index is -0.508. The molecule has 0 saturated heterocycles. The number of nitrogens with zero attached hydrogens (tertiary/aromatic N) is 1. The molecule has 0 unspecified atom stereocenters. The molecule has 1 aromatic rings. The van der Waals surface area contributed by atoms with E-state index in [9.17, 15) is 4.79 Å². The van der Waals surface area contributed by atoms with Crippen molar-refractivity contribution < 1.29 is 15.0 Å². The monoisotopic (exact) mass is 289 g/mol. The molecule has 0 aromatic heterocycles. The summed E-state index contributed by atoms with van der Waals surface area (Å²) in [5, 5.41) is 32.2. The third-order valence-electron chi connectivity index (χ3n) is 2.72. The number of aliphatic hydroxyl groups excluding tert-OH is 1. The van der Waals surface area contributed by atoms with Gasteiger partial charge in [-0.05, 0) is 43.5 Å². The molecule has 0 atom stereocenters. The van der Waals surface area contributed by atoms with Crippen molar-refractivity contribution in [2.24, 2.45) is 0 Å². The number of nitrogens with one attached hydrogen (secondary N) is 2. The molecule has 1 rings (SSSR count). The van der Waals surface area contributed by atoms with Crippen molar-refractivity contribution in [3.8, 4) is 11.8 Å². The molecule has 0 fully saturated rings. The van der Waals surface area contributed by atoms with Crippen LogP contribution in [0, 0.1) is 11.3 Å². The van der Waals surface area contributed by atoms with E-state index in [0.717, 1.165) is 19.3 Å². The largest absolute Gasteiger partial charge is 0.508 e. The fraction of sp³-hybridized carbons (Fsp3) is 0.333. The number of amides is 1. The Balaban J connectivity index is 2.45. The Morgan fingerprint density at radius 3 is 2.57 bits per heavy atom. The van der Waals surface area contributed by atoms with E-state index in [0.29, 0.717) is 12.2 Å². The quantitative estimate of drug-likeness (QED) is 0.251. The van der Waals surface area contributed by atoms with E-state index in [2.05, 4.69) is 10.6 Å². The highest BCUT2D eigenvalue weighted by molar-refractivity contribution is 6.06. The zero-order valence-electron chi connectivity index (χ0n) is 11.7. The smallest absolute Gasteiger partial charge is 0.267 e. The first-order chi connectivity index (χ1) is 10.2. The summed E-state index contributed by atoms with van der Waals surface area (Å²) in [5.41, 5.74) is 0.479. The Kier molecular flexibility index (Phi) is 7.40. The lowest BCUT2D eigenvalue weighted by atomic mass is 10.2. The number of benzene rings is 1. The Hall–Kier alpha value is -2.52. The van der Waals surface area contributed by atoms with Gasteiger partial charge in [-0.25, -0.2) is 0 Å². The first-order valence-corrected chi connectivity index (χ1v) is 6.72. The second-order valence-corrected chi connectivity index (χ2v) is 4.41. The minimum Gasteiger partial charge on any atom is -0.508 e. The van der Waals surface area contributed by atoms with Crippen LogP contribution in [0.15, 0.2) is 36.0 Å². The van der Waals surface area contributed by atoms with Crippen LogP contribution in [0.1, 0.15) is 19.3 Å². The van der Waals surface area contributed by atoms with Crippen LogP contribution in [0.25, 0.3) is 0 Å². The van der Waals surface area contributed by atoms with Gasteiger partial charge in [0.2, 0.25) is 0 Å². The maximum absolute atomic E-state index is 11.9. The maximum atomic E-state index is 11.9. The number of hydrogen-bond acceptors (Lipinski definition) is 5. The molecule has 112 valence electrons. The number of carbonyl (C=O) groups is 1. The summed E-state index contributed by atoms with van der Waals surface area (Å²) in [4.78, 5) is 11.9. The molecule has 1 aromatic carbocycles. The van der Waals surface area contributed by atoms with E-state index >= 15 is 0 Å². The minimum absolute atomic E-state index is 0.0229. The van der Waals surface area contributed by atoms with Crippen LogP contribution in [0.3, 0.4) is 0 Å². The van der Waals surface area contributed by atoms with Crippen LogP contribution in [0.4, 0.5) is 5.69 Å². The predicted molar refractivity (Wildman–Crippen MR) is 79.4 cm³/mol. The summed E-state index contributed by atoms with van der Waals surface area (Å²) in [6, 6.07) is 7.82. The number of carbonyl (C=O) groups excluding carboxylic acids is 1. The Morgan fingerprint density at radius 2 is 1.95 bits per heavy atom. The third-order valence-corrected chi connectivity index (χ3v) is 2.72. The van der Waals surface area contributed by atoms with Crippen molar-refractivity contribution >= 4 is 11.6 Å². The Morgan fingerprint density at radius 1 is 1.24 bits per heavy atom. The van der Waals surface area contributed by atoms with Crippen LogP contribution >= 0.6 is 0 Å². The van der Waals surface area contributed by atoms with Crippen LogP contribution in [-0.4, -0.2) is 29.3 Å². The summed E-state index contributed by atoms with van der Waals surface area (Å²) in [7, 11) is 0. The van der Waals surface area contributed by atoms with Crippen molar-refractivity contribution in [2.45, 2.75) is 19.3 Å². The van der Waals surface area contributed by atoms with Gasteiger partial charge in [0.05, 0.1) is 0 Å². The lowest BCUT2D eigenvalue weighted by molar-refractivity contribution is -0.112. The topological polar surface area (TPSA) is 105 Å². The molecule has 0 saturated carbocycles. The number of aromatic hydroxyl groups is 1. The number of rotatable bonds is 8. The molecule has 1 amide bonds. The lowest BCUT2D eigenvalue weighted by Crippen LogP contribution is -2.17. The van der Waals surface area contributed by atoms with Gasteiger partial charge in [0.1, 0.15) is 17.4 Å². The van der Waals surface area contributed by atoms with E-state index in [1.165, 1.54) is 18.3 Å². The fourth-order valence-corrected chi connectivity index (χ4v) is 1.58. The summed E-state index contributed by atoms with van der Waals surface area (Å²) in [5.74, 6) is -0.403. The lowest BCUT2D eigenvalue weighted by Gasteiger charge is -2.05. The standard InChI is InChI=1S/C15H19N3O3/c16-10-12(11-17-8-2-1-3-9-19)15(21)18-13-4-6-14(20)7-5-13/h4-7,11,17,19-20H,1-3,8-9H2,(H,18,21)/b12-11-. The number of aliphatic hydroxyl groups is 1. The summed E-state index contributed by atoms with van der Waals surface area (Å²) < 4.78 is 0. The number of phenolic OH excluding ortho intramolecular Hbond substituents is 1. The second kappa shape index (κ2) is 9.39. The molecule has 0 heterocycles. The molecule has 21 heavy (non-hydrogen) atoms. The highest BCUT2D eigenvalue weighted by Crippen LogP contribution is 2.14. The molecule has 0 aliphatic carbocycles. The highest BCUT2D eigenvalue weighted by Gasteiger charge is 2.08. The van der Waals surface area contributed by atoms with Crippen molar-refractivity contribution in [3.05, 3.63) is 36.0 Å². The van der Waals surface area contributed by atoms with Crippen LogP contribution in [0.2, 0.25) is 0 Å². The van der Waals surface area contributed by atoms with Crippen molar-refractivity contribution in [1.82, 2.24) is 5.32 Å². The van der Waals surface area contributed by atoms with E-state index in [-0.39, 0.29) is 17.9 Å². The zero-order chi connectivity index (χ0) is 15.5. The summed E-state index contributed by atoms with van der Waals surface area (Å²) in [6.07, 6.45) is 3.88. The number of phenols is 1. The maximum Gasteiger partial charge on any atom is 0.267 e. The second-order valence-electron chi connectivity index (χ2n) is 4.41. The Bertz CT molecular complexity index is 518. The van der Waals surface area contributed by atoms with E-state index in [1.807, 2.05) is 6.07 Å². The number of anilines is 1. The molecule has 0 bridgehead atoms. The van der Waals surface area contributed by atoms with Gasteiger partial charge in [0, 0.05) is 25.0 Å². The predicted octanol–water partition coefficient (Wildman–Crippen LogP) is 1.49. The first kappa shape index (κ1) is 16.5. The molecular formula is C15H19N3O3. The average molecular weight is 289 g/mol. The summed E-state index contributed by atoms with van der Waals surface area (Å²) >= 11 is 0. The third kappa shape index (κ3) is 6.45. The van der Waals surface area contributed by atoms with Gasteiger partial charge in [-0.1, -0.05) is 0 Å². The van der Waals surface area contributed by atoms with Crippen molar-refractivity contribution in [1.29, 1.82) is 5.26 Å². The molecule has 0 aliphatic rings. The molecule has 0 aliphatic heterocycles. The molecule has 0 spiro atoms. The van der Waals surface area contributed by atoms with Crippen LogP contribution < -0.4 is 10.6 Å². The molecule has 6 heteroatoms. The summed E-state index contributed by atoms with van der Waals surface area (Å²) in [6.45, 7) is 0.811. The number of hydrogen-bond donors (Lipinski definition) is 4. The molecule has 6 nitrogen and oxygen atoms in total. The van der Waals surface area contributed by atoms with Gasteiger partial charge in [-0.15, -0.1) is 0 Å². The van der Waals surface area contributed by atoms with Gasteiger partial charge in [0.25, 0.3) is 5.91 Å². The van der Waals surface area contributed by atoms with Crippen LogP contribution in [0.5, 0.6) is 5.75 Å². The van der Waals surface area contributed by atoms with Gasteiger partial charge < -0.3 is 20.8 Å². The van der Waals surface area contributed by atoms with Gasteiger partial charge in [-0.2, -0.15) is 5.26 Å². The fourth-order valence-electron chi connectivity index (χ4n) is 1.58. The highest BCUT2D eigenvalue weighted by atomic mass is 16.3. The van der Waals surface area contributed by atoms with E-state index in [4.69, 9.17) is 15.5 Å². The number of unbranched alkanes of at least 4 members (excludes halogenated alkanes) is 2. The van der Waals surface area contributed by atoms with E-state index < -0.39 is 5.91 Å². The van der Waals surface area contributed by atoms with Crippen molar-refractivity contribution in [3.63, 3.8) is 0 Å². The first-order valence-electron chi connectivity index (χ1n) is 6.72. The number of nitriles is 1. The normalized spacial score (nSPS) is 10.8. The average Bonchev–Trinajstić information content (AvgIpc) is 2.49. The molecular weight excluding hydrogens is 270 g/mol. The zero-order valence-corrected chi connectivity index (χ0v) is 11.7. The van der Waals surface area contributed by atoms with Gasteiger partial charge >= 0.3 is 0 Å². The Labute approximate surface area is 123 Å². The van der Waals surface area contributed by atoms with Crippen molar-refractivity contribution in [2.75, 3.05) is 18.5 Å². The molecule has 0 radical (unpaired) electrons. The van der Waals surface area contributed by atoms with E-state index in [1.54, 1.807) is 12.1 Å². The SMILES string of the molecule is N#C/C(=C/NCCCCCO)C(=O)Nc1ccc(O)cc1. The van der Waals surface area contributed by atoms with Gasteiger partial charge in [-0.3, -0.25) is 4.79 Å². The van der Waals surface area contributed by atoms with Crippen LogP contribution in [-0.2, 0) is 4.79 Å². The van der Waals surface area contributed by atoms with Gasteiger partial charge in [0.15, 0.2) is 0 Å². The molecule has 4 N–H and O–H groups in total.